The van der Waals surface area contributed by atoms with E-state index in [0.717, 1.165) is 11.1 Å². The minimum Gasteiger partial charge on any atom is -0.345 e. The standard InChI is InChI=1S/C24H25N5O2/c1-14(2)29-20(25)18(23(30)26-16(4)17-10-6-5-7-11-17)13-19-22(29)27-21-15(3)9-8-12-28(21)24(19)31/h5-14,16,25H,1-4H3,(H,26,30). The van der Waals surface area contributed by atoms with Crippen LogP contribution in [-0.2, 0) is 0 Å². The molecule has 0 saturated heterocycles. The van der Waals surface area contributed by atoms with Crippen LogP contribution in [0.15, 0.2) is 59.5 Å². The predicted octanol–water partition coefficient (Wildman–Crippen LogP) is 3.51. The van der Waals surface area contributed by atoms with Gasteiger partial charge in [-0.2, -0.15) is 0 Å². The summed E-state index contributed by atoms with van der Waals surface area (Å²) in [6.07, 6.45) is 1.67. The molecule has 2 N–H and O–H groups in total. The van der Waals surface area contributed by atoms with E-state index in [0.29, 0.717) is 16.7 Å². The van der Waals surface area contributed by atoms with Crippen LogP contribution < -0.4 is 16.4 Å². The number of carbonyl (C=O) groups excluding carboxylic acids is 1. The van der Waals surface area contributed by atoms with E-state index in [-0.39, 0.29) is 28.7 Å². The van der Waals surface area contributed by atoms with Crippen LogP contribution in [0.4, 0.5) is 0 Å². The van der Waals surface area contributed by atoms with Crippen molar-refractivity contribution in [2.75, 3.05) is 0 Å². The third kappa shape index (κ3) is 3.52. The summed E-state index contributed by atoms with van der Waals surface area (Å²) < 4.78 is 3.13. The van der Waals surface area contributed by atoms with Gasteiger partial charge in [0.25, 0.3) is 11.5 Å². The van der Waals surface area contributed by atoms with Crippen molar-refractivity contribution < 1.29 is 4.79 Å². The predicted molar refractivity (Wildman–Crippen MR) is 120 cm³/mol. The van der Waals surface area contributed by atoms with Crippen molar-refractivity contribution in [2.24, 2.45) is 0 Å². The molecule has 1 aromatic carbocycles. The number of aromatic nitrogens is 3. The smallest absolute Gasteiger partial charge is 0.267 e. The Bertz CT molecular complexity index is 1420. The summed E-state index contributed by atoms with van der Waals surface area (Å²) in [5, 5.41) is 12.0. The number of pyridine rings is 2. The lowest BCUT2D eigenvalue weighted by Crippen LogP contribution is -2.36. The highest BCUT2D eigenvalue weighted by Gasteiger charge is 2.20. The lowest BCUT2D eigenvalue weighted by Gasteiger charge is -2.19. The van der Waals surface area contributed by atoms with Crippen LogP contribution in [0.5, 0.6) is 0 Å². The Kier molecular flexibility index (Phi) is 5.19. The first kappa shape index (κ1) is 20.5. The number of hydrogen-bond donors (Lipinski definition) is 2. The van der Waals surface area contributed by atoms with Gasteiger partial charge in [0.05, 0.1) is 17.0 Å². The Balaban J connectivity index is 1.92. The number of rotatable bonds is 4. The van der Waals surface area contributed by atoms with E-state index >= 15 is 0 Å². The van der Waals surface area contributed by atoms with Crippen molar-refractivity contribution >= 4 is 22.6 Å². The van der Waals surface area contributed by atoms with E-state index in [9.17, 15) is 9.59 Å². The van der Waals surface area contributed by atoms with Gasteiger partial charge in [-0.25, -0.2) is 4.98 Å². The quantitative estimate of drug-likeness (QED) is 0.500. The second kappa shape index (κ2) is 7.83. The fourth-order valence-electron chi connectivity index (χ4n) is 3.83. The molecule has 3 heterocycles. The lowest BCUT2D eigenvalue weighted by atomic mass is 10.1. The van der Waals surface area contributed by atoms with Crippen molar-refractivity contribution in [3.05, 3.63) is 87.3 Å². The maximum atomic E-state index is 13.3. The molecule has 1 unspecified atom stereocenters. The summed E-state index contributed by atoms with van der Waals surface area (Å²) in [7, 11) is 0. The Morgan fingerprint density at radius 3 is 2.45 bits per heavy atom. The van der Waals surface area contributed by atoms with Crippen LogP contribution in [0.2, 0.25) is 0 Å². The summed E-state index contributed by atoms with van der Waals surface area (Å²) in [5.74, 6) is -0.397. The van der Waals surface area contributed by atoms with Crippen molar-refractivity contribution in [2.45, 2.75) is 39.8 Å². The highest BCUT2D eigenvalue weighted by Crippen LogP contribution is 2.17. The van der Waals surface area contributed by atoms with E-state index in [2.05, 4.69) is 5.32 Å². The van der Waals surface area contributed by atoms with Crippen LogP contribution >= 0.6 is 0 Å². The van der Waals surface area contributed by atoms with Gasteiger partial charge in [-0.3, -0.25) is 19.4 Å². The average Bonchev–Trinajstić information content (AvgIpc) is 2.74. The molecular formula is C24H25N5O2. The third-order valence-corrected chi connectivity index (χ3v) is 5.49. The number of aryl methyl sites for hydroxylation is 1. The molecule has 7 heteroatoms. The van der Waals surface area contributed by atoms with Crippen molar-refractivity contribution in [1.29, 1.82) is 5.41 Å². The Hall–Kier alpha value is -3.74. The van der Waals surface area contributed by atoms with Crippen LogP contribution in [-0.4, -0.2) is 19.9 Å². The minimum atomic E-state index is -0.397. The number of nitrogens with zero attached hydrogens (tertiary/aromatic N) is 3. The number of fused-ring (bicyclic) bond motifs is 2. The zero-order valence-electron chi connectivity index (χ0n) is 18.0. The molecule has 1 amide bonds. The maximum absolute atomic E-state index is 13.3. The minimum absolute atomic E-state index is 0.0325. The summed E-state index contributed by atoms with van der Waals surface area (Å²) >= 11 is 0. The van der Waals surface area contributed by atoms with Crippen LogP contribution in [0.25, 0.3) is 16.7 Å². The van der Waals surface area contributed by atoms with E-state index in [1.807, 2.05) is 64.1 Å². The van der Waals surface area contributed by atoms with Gasteiger partial charge in [0, 0.05) is 12.2 Å². The van der Waals surface area contributed by atoms with Crippen LogP contribution in [0, 0.1) is 12.3 Å². The van der Waals surface area contributed by atoms with Gasteiger partial charge in [0.15, 0.2) is 0 Å². The maximum Gasteiger partial charge on any atom is 0.267 e. The van der Waals surface area contributed by atoms with Crippen LogP contribution in [0.3, 0.4) is 0 Å². The second-order valence-electron chi connectivity index (χ2n) is 8.02. The van der Waals surface area contributed by atoms with Gasteiger partial charge in [0.2, 0.25) is 0 Å². The summed E-state index contributed by atoms with van der Waals surface area (Å²) in [6, 6.07) is 14.4. The van der Waals surface area contributed by atoms with Gasteiger partial charge < -0.3 is 9.88 Å². The zero-order valence-corrected chi connectivity index (χ0v) is 18.0. The molecule has 7 nitrogen and oxygen atoms in total. The molecule has 0 bridgehead atoms. The highest BCUT2D eigenvalue weighted by molar-refractivity contribution is 5.97. The average molecular weight is 415 g/mol. The van der Waals surface area contributed by atoms with E-state index in [1.165, 1.54) is 10.5 Å². The SMILES string of the molecule is Cc1cccn2c(=O)c3cc(C(=O)NC(C)c4ccccc4)c(=N)n(C(C)C)c3nc12. The van der Waals surface area contributed by atoms with Crippen molar-refractivity contribution in [3.8, 4) is 0 Å². The summed E-state index contributed by atoms with van der Waals surface area (Å²) in [4.78, 5) is 31.1. The highest BCUT2D eigenvalue weighted by atomic mass is 16.2. The van der Waals surface area contributed by atoms with Gasteiger partial charge in [-0.1, -0.05) is 36.4 Å². The molecule has 0 saturated carbocycles. The molecule has 0 aliphatic heterocycles. The van der Waals surface area contributed by atoms with Gasteiger partial charge >= 0.3 is 0 Å². The summed E-state index contributed by atoms with van der Waals surface area (Å²) in [5.41, 5.74) is 2.70. The van der Waals surface area contributed by atoms with Gasteiger partial charge in [-0.05, 0) is 51.0 Å². The monoisotopic (exact) mass is 415 g/mol. The topological polar surface area (TPSA) is 92.3 Å². The normalized spacial score (nSPS) is 12.4. The van der Waals surface area contributed by atoms with E-state index in [1.54, 1.807) is 16.8 Å². The molecule has 0 fully saturated rings. The van der Waals surface area contributed by atoms with Crippen molar-refractivity contribution in [1.82, 2.24) is 19.3 Å². The number of hydrogen-bond acceptors (Lipinski definition) is 4. The molecule has 0 aliphatic carbocycles. The molecule has 31 heavy (non-hydrogen) atoms. The van der Waals surface area contributed by atoms with Gasteiger partial charge in [0.1, 0.15) is 16.8 Å². The third-order valence-electron chi connectivity index (χ3n) is 5.49. The van der Waals surface area contributed by atoms with Crippen molar-refractivity contribution in [3.63, 3.8) is 0 Å². The molecule has 4 aromatic rings. The zero-order chi connectivity index (χ0) is 22.3. The molecule has 1 atom stereocenters. The fourth-order valence-corrected chi connectivity index (χ4v) is 3.83. The second-order valence-corrected chi connectivity index (χ2v) is 8.02. The molecule has 3 aromatic heterocycles. The fraction of sp³-hybridized carbons (Fsp3) is 0.250. The van der Waals surface area contributed by atoms with E-state index in [4.69, 9.17) is 10.4 Å². The summed E-state index contributed by atoms with van der Waals surface area (Å²) in [6.45, 7) is 7.60. The Labute approximate surface area is 179 Å². The molecule has 0 spiro atoms. The Morgan fingerprint density at radius 1 is 1.06 bits per heavy atom. The lowest BCUT2D eigenvalue weighted by molar-refractivity contribution is 0.0937. The molecular weight excluding hydrogens is 390 g/mol. The first-order chi connectivity index (χ1) is 14.8. The molecule has 4 rings (SSSR count). The first-order valence-electron chi connectivity index (χ1n) is 10.3. The van der Waals surface area contributed by atoms with Gasteiger partial charge in [-0.15, -0.1) is 0 Å². The largest absolute Gasteiger partial charge is 0.345 e. The molecule has 158 valence electrons. The first-order valence-corrected chi connectivity index (χ1v) is 10.3. The number of benzene rings is 1. The van der Waals surface area contributed by atoms with E-state index < -0.39 is 5.91 Å². The number of amides is 1. The Morgan fingerprint density at radius 2 is 1.77 bits per heavy atom. The molecule has 0 radical (unpaired) electrons. The van der Waals surface area contributed by atoms with Crippen LogP contribution in [0.1, 0.15) is 54.3 Å². The number of nitrogens with one attached hydrogen (secondary N) is 2. The molecule has 0 aliphatic rings. The number of carbonyl (C=O) groups is 1.